The number of pyridine rings is 1. The fourth-order valence-electron chi connectivity index (χ4n) is 5.44. The van der Waals surface area contributed by atoms with Crippen LogP contribution >= 0.6 is 0 Å². The summed E-state index contributed by atoms with van der Waals surface area (Å²) in [6, 6.07) is 9.96. The third-order valence-electron chi connectivity index (χ3n) is 7.47. The molecule has 2 heterocycles. The Bertz CT molecular complexity index is 1880. The summed E-state index contributed by atoms with van der Waals surface area (Å²) >= 11 is 0. The molecule has 1 aliphatic carbocycles. The number of aryl methyl sites for hydroxylation is 2. The standard InChI is InChI=1S/C29H28N8O4S/c1-18-11-20(13-30)24(34-22-16-33-35(3)17-22)12-27(18)36(42(40,41)28-10-5-4-8-25(28)37(38)39)26-9-6-7-23-19(2)21(14-31)15-32-29(23)26/h4-5,8,10-13,15-17,26,30,34H,6-7,9H2,1-3H3. The molecule has 0 aliphatic heterocycles. The number of nitrogens with zero attached hydrogens (tertiary/aromatic N) is 6. The van der Waals surface area contributed by atoms with Gasteiger partial charge in [0.1, 0.15) is 6.07 Å². The molecule has 1 aliphatic rings. The molecule has 0 bridgehead atoms. The summed E-state index contributed by atoms with van der Waals surface area (Å²) in [5.74, 6) is 0. The van der Waals surface area contributed by atoms with Crippen LogP contribution in [-0.4, -0.2) is 34.3 Å². The lowest BCUT2D eigenvalue weighted by Gasteiger charge is -2.37. The van der Waals surface area contributed by atoms with E-state index in [-0.39, 0.29) is 5.69 Å². The van der Waals surface area contributed by atoms with Gasteiger partial charge < -0.3 is 10.7 Å². The summed E-state index contributed by atoms with van der Waals surface area (Å²) in [6.45, 7) is 3.56. The quantitative estimate of drug-likeness (QED) is 0.161. The van der Waals surface area contributed by atoms with Crippen molar-refractivity contribution in [2.75, 3.05) is 9.62 Å². The van der Waals surface area contributed by atoms with E-state index in [0.29, 0.717) is 53.0 Å². The molecule has 1 atom stereocenters. The van der Waals surface area contributed by atoms with Gasteiger partial charge in [-0.1, -0.05) is 12.1 Å². The fraction of sp³-hybridized carbons (Fsp3) is 0.241. The van der Waals surface area contributed by atoms with Crippen molar-refractivity contribution < 1.29 is 13.3 Å². The highest BCUT2D eigenvalue weighted by Gasteiger charge is 2.40. The van der Waals surface area contributed by atoms with E-state index in [4.69, 9.17) is 5.41 Å². The van der Waals surface area contributed by atoms with Crippen molar-refractivity contribution in [3.63, 3.8) is 0 Å². The molecule has 0 saturated heterocycles. The monoisotopic (exact) mass is 584 g/mol. The van der Waals surface area contributed by atoms with Crippen LogP contribution in [0.15, 0.2) is 59.9 Å². The number of nitrogens with one attached hydrogen (secondary N) is 2. The van der Waals surface area contributed by atoms with E-state index in [1.54, 1.807) is 43.2 Å². The molecule has 12 nitrogen and oxygen atoms in total. The normalized spacial score (nSPS) is 14.5. The number of sulfonamides is 1. The van der Waals surface area contributed by atoms with Gasteiger partial charge in [0.15, 0.2) is 4.90 Å². The smallest absolute Gasteiger partial charge is 0.289 e. The highest BCUT2D eigenvalue weighted by Crippen LogP contribution is 2.44. The van der Waals surface area contributed by atoms with Crippen molar-refractivity contribution in [1.82, 2.24) is 14.8 Å². The average molecular weight is 585 g/mol. The number of fused-ring (bicyclic) bond motifs is 1. The first-order valence-corrected chi connectivity index (χ1v) is 14.6. The molecule has 2 N–H and O–H groups in total. The summed E-state index contributed by atoms with van der Waals surface area (Å²) < 4.78 is 32.1. The number of anilines is 3. The molecule has 0 radical (unpaired) electrons. The van der Waals surface area contributed by atoms with E-state index in [1.165, 1.54) is 41.0 Å². The number of rotatable bonds is 8. The molecule has 2 aromatic heterocycles. The van der Waals surface area contributed by atoms with Crippen molar-refractivity contribution in [2.24, 2.45) is 7.05 Å². The number of hydrogen-bond acceptors (Lipinski definition) is 9. The lowest BCUT2D eigenvalue weighted by Crippen LogP contribution is -2.38. The van der Waals surface area contributed by atoms with E-state index < -0.39 is 31.6 Å². The molecule has 0 amide bonds. The summed E-state index contributed by atoms with van der Waals surface area (Å²) in [6.07, 6.45) is 7.61. The van der Waals surface area contributed by atoms with Gasteiger partial charge in [-0.05, 0) is 68.0 Å². The minimum absolute atomic E-state index is 0.284. The Morgan fingerprint density at radius 1 is 1.26 bits per heavy atom. The molecular formula is C29H28N8O4S. The zero-order chi connectivity index (χ0) is 30.2. The van der Waals surface area contributed by atoms with Gasteiger partial charge in [-0.25, -0.2) is 8.42 Å². The first-order valence-electron chi connectivity index (χ1n) is 13.1. The molecule has 0 fully saturated rings. The number of nitro benzene ring substituents is 1. The number of aromatic nitrogens is 3. The first kappa shape index (κ1) is 28.4. The Morgan fingerprint density at radius 3 is 2.69 bits per heavy atom. The zero-order valence-corrected chi connectivity index (χ0v) is 24.0. The van der Waals surface area contributed by atoms with Gasteiger partial charge in [0.2, 0.25) is 0 Å². The maximum absolute atomic E-state index is 14.6. The third kappa shape index (κ3) is 4.97. The van der Waals surface area contributed by atoms with Gasteiger partial charge in [0.05, 0.1) is 39.8 Å². The first-order chi connectivity index (χ1) is 20.1. The van der Waals surface area contributed by atoms with E-state index in [1.807, 2.05) is 6.92 Å². The van der Waals surface area contributed by atoms with Crippen molar-refractivity contribution in [3.8, 4) is 6.07 Å². The molecule has 5 rings (SSSR count). The van der Waals surface area contributed by atoms with Crippen molar-refractivity contribution >= 4 is 39.0 Å². The lowest BCUT2D eigenvalue weighted by molar-refractivity contribution is -0.387. The molecule has 4 aromatic rings. The van der Waals surface area contributed by atoms with Crippen molar-refractivity contribution in [3.05, 3.63) is 98.6 Å². The number of benzene rings is 2. The topological polar surface area (TPSA) is 171 Å². The second-order valence-electron chi connectivity index (χ2n) is 10.1. The van der Waals surface area contributed by atoms with Crippen LogP contribution in [-0.2, 0) is 23.5 Å². The number of hydrogen-bond donors (Lipinski definition) is 2. The minimum atomic E-state index is -4.54. The Morgan fingerprint density at radius 2 is 2.02 bits per heavy atom. The van der Waals surface area contributed by atoms with E-state index >= 15 is 0 Å². The second-order valence-corrected chi connectivity index (χ2v) is 11.9. The van der Waals surface area contributed by atoms with Crippen molar-refractivity contribution in [1.29, 1.82) is 10.7 Å². The summed E-state index contributed by atoms with van der Waals surface area (Å²) in [5, 5.41) is 36.9. The summed E-state index contributed by atoms with van der Waals surface area (Å²) in [4.78, 5) is 15.4. The summed E-state index contributed by atoms with van der Waals surface area (Å²) in [5.41, 5.74) is 4.37. The Balaban J connectivity index is 1.78. The number of nitriles is 1. The fourth-order valence-corrected chi connectivity index (χ4v) is 7.30. The Kier molecular flexibility index (Phi) is 7.49. The second kappa shape index (κ2) is 11.1. The van der Waals surface area contributed by atoms with E-state index in [0.717, 1.165) is 11.1 Å². The number of para-hydroxylation sites is 1. The molecule has 1 unspecified atom stereocenters. The minimum Gasteiger partial charge on any atom is -0.352 e. The maximum atomic E-state index is 14.6. The molecule has 0 saturated carbocycles. The van der Waals surface area contributed by atoms with Gasteiger partial charge in [0.25, 0.3) is 15.7 Å². The largest absolute Gasteiger partial charge is 0.352 e. The van der Waals surface area contributed by atoms with Crippen molar-refractivity contribution in [2.45, 2.75) is 44.0 Å². The molecular weight excluding hydrogens is 556 g/mol. The predicted molar refractivity (Wildman–Crippen MR) is 158 cm³/mol. The van der Waals surface area contributed by atoms with Crippen LogP contribution < -0.4 is 9.62 Å². The van der Waals surface area contributed by atoms with Crippen LogP contribution in [0.5, 0.6) is 0 Å². The SMILES string of the molecule is Cc1cc(C=N)c(Nc2cnn(C)c2)cc1N(C1CCCc2c1ncc(C#N)c2C)S(=O)(=O)c1ccccc1[N+](=O)[O-]. The third-order valence-corrected chi connectivity index (χ3v) is 9.34. The molecule has 214 valence electrons. The Hall–Kier alpha value is -5.09. The Labute approximate surface area is 243 Å². The van der Waals surface area contributed by atoms with Gasteiger partial charge in [-0.2, -0.15) is 10.4 Å². The predicted octanol–water partition coefficient (Wildman–Crippen LogP) is 5.23. The van der Waals surface area contributed by atoms with Crippen LogP contribution in [0.4, 0.5) is 22.7 Å². The zero-order valence-electron chi connectivity index (χ0n) is 23.2. The van der Waals surface area contributed by atoms with Crippen LogP contribution in [0.2, 0.25) is 0 Å². The van der Waals surface area contributed by atoms with Gasteiger partial charge in [-0.3, -0.25) is 24.1 Å². The lowest BCUT2D eigenvalue weighted by atomic mass is 9.87. The van der Waals surface area contributed by atoms with Gasteiger partial charge in [-0.15, -0.1) is 0 Å². The highest BCUT2D eigenvalue weighted by molar-refractivity contribution is 7.93. The van der Waals surface area contributed by atoms with E-state index in [9.17, 15) is 23.8 Å². The average Bonchev–Trinajstić information content (AvgIpc) is 3.39. The molecule has 42 heavy (non-hydrogen) atoms. The van der Waals surface area contributed by atoms with Crippen LogP contribution in [0.1, 0.15) is 52.4 Å². The molecule has 2 aromatic carbocycles. The number of nitro groups is 1. The van der Waals surface area contributed by atoms with Gasteiger partial charge in [0, 0.05) is 43.0 Å². The van der Waals surface area contributed by atoms with E-state index in [2.05, 4.69) is 21.5 Å². The maximum Gasteiger partial charge on any atom is 0.289 e. The molecule has 13 heteroatoms. The van der Waals surface area contributed by atoms with Gasteiger partial charge >= 0.3 is 0 Å². The summed E-state index contributed by atoms with van der Waals surface area (Å²) in [7, 11) is -2.78. The molecule has 0 spiro atoms. The van der Waals surface area contributed by atoms with Crippen LogP contribution in [0.3, 0.4) is 0 Å². The van der Waals surface area contributed by atoms with Crippen LogP contribution in [0.25, 0.3) is 0 Å². The van der Waals surface area contributed by atoms with Crippen LogP contribution in [0, 0.1) is 40.7 Å². The highest BCUT2D eigenvalue weighted by atomic mass is 32.2.